The predicted octanol–water partition coefficient (Wildman–Crippen LogP) is 2.28. The monoisotopic (exact) mass is 265 g/mol. The van der Waals surface area contributed by atoms with Crippen LogP contribution < -0.4 is 4.90 Å². The van der Waals surface area contributed by atoms with Crippen molar-refractivity contribution in [3.05, 3.63) is 15.8 Å². The first-order valence-electron chi connectivity index (χ1n) is 6.13. The Morgan fingerprint density at radius 2 is 2.11 bits per heavy atom. The van der Waals surface area contributed by atoms with Crippen molar-refractivity contribution in [1.29, 1.82) is 5.26 Å². The molecule has 7 heteroatoms. The molecule has 0 fully saturated rings. The number of nitrogens with zero attached hydrogens (tertiary/aromatic N) is 5. The second-order valence-electron chi connectivity index (χ2n) is 4.96. The van der Waals surface area contributed by atoms with Crippen molar-refractivity contribution in [2.45, 2.75) is 33.7 Å². The number of hydrogen-bond acceptors (Lipinski definition) is 5. The highest BCUT2D eigenvalue weighted by Gasteiger charge is 2.29. The van der Waals surface area contributed by atoms with Crippen LogP contribution in [-0.4, -0.2) is 28.3 Å². The Labute approximate surface area is 112 Å². The second-order valence-corrected chi connectivity index (χ2v) is 4.96. The molecule has 1 atom stereocenters. The topological polar surface area (TPSA) is 88.0 Å². The van der Waals surface area contributed by atoms with E-state index in [1.807, 2.05) is 13.8 Å². The van der Waals surface area contributed by atoms with Gasteiger partial charge in [-0.3, -0.25) is 10.1 Å². The number of aromatic nitrogens is 2. The van der Waals surface area contributed by atoms with Crippen LogP contribution in [0, 0.1) is 34.3 Å². The zero-order valence-corrected chi connectivity index (χ0v) is 11.9. The van der Waals surface area contributed by atoms with Crippen LogP contribution in [0.3, 0.4) is 0 Å². The summed E-state index contributed by atoms with van der Waals surface area (Å²) in [6.45, 7) is 7.67. The van der Waals surface area contributed by atoms with Gasteiger partial charge >= 0.3 is 5.69 Å². The third kappa shape index (κ3) is 3.02. The average Bonchev–Trinajstić information content (AvgIpc) is 2.66. The molecule has 0 saturated carbocycles. The summed E-state index contributed by atoms with van der Waals surface area (Å²) in [6, 6.07) is 2.14. The molecule has 1 aromatic rings. The van der Waals surface area contributed by atoms with E-state index in [9.17, 15) is 10.1 Å². The molecule has 1 heterocycles. The molecular weight excluding hydrogens is 246 g/mol. The first-order valence-corrected chi connectivity index (χ1v) is 6.13. The molecule has 0 aliphatic carbocycles. The summed E-state index contributed by atoms with van der Waals surface area (Å²) in [5.74, 6) is 0.250. The van der Waals surface area contributed by atoms with Gasteiger partial charge in [-0.1, -0.05) is 0 Å². The van der Waals surface area contributed by atoms with Gasteiger partial charge in [0.1, 0.15) is 5.69 Å². The van der Waals surface area contributed by atoms with Crippen LogP contribution in [0.5, 0.6) is 0 Å². The van der Waals surface area contributed by atoms with Gasteiger partial charge in [0.15, 0.2) is 0 Å². The molecule has 1 rings (SSSR count). The fourth-order valence-corrected chi connectivity index (χ4v) is 1.99. The molecule has 0 aromatic carbocycles. The van der Waals surface area contributed by atoms with E-state index >= 15 is 0 Å². The highest BCUT2D eigenvalue weighted by atomic mass is 16.6. The zero-order valence-electron chi connectivity index (χ0n) is 11.9. The summed E-state index contributed by atoms with van der Waals surface area (Å²) < 4.78 is 1.64. The van der Waals surface area contributed by atoms with Crippen LogP contribution in [-0.2, 0) is 0 Å². The van der Waals surface area contributed by atoms with Crippen molar-refractivity contribution >= 4 is 11.5 Å². The second kappa shape index (κ2) is 5.69. The molecule has 0 aliphatic heterocycles. The maximum Gasteiger partial charge on any atom is 0.333 e. The molecule has 0 saturated heterocycles. The van der Waals surface area contributed by atoms with Crippen molar-refractivity contribution in [3.63, 3.8) is 0 Å². The Balaban J connectivity index is 3.30. The maximum atomic E-state index is 11.2. The maximum absolute atomic E-state index is 11.2. The van der Waals surface area contributed by atoms with E-state index in [0.717, 1.165) is 0 Å². The largest absolute Gasteiger partial charge is 0.353 e. The van der Waals surface area contributed by atoms with Crippen molar-refractivity contribution < 1.29 is 4.92 Å². The van der Waals surface area contributed by atoms with Gasteiger partial charge < -0.3 is 4.90 Å². The Morgan fingerprint density at radius 1 is 1.53 bits per heavy atom. The quantitative estimate of drug-likeness (QED) is 0.602. The van der Waals surface area contributed by atoms with Crippen molar-refractivity contribution in [2.75, 3.05) is 18.5 Å². The van der Waals surface area contributed by atoms with Gasteiger partial charge in [0.25, 0.3) is 0 Å². The van der Waals surface area contributed by atoms with E-state index in [0.29, 0.717) is 18.1 Å². The van der Waals surface area contributed by atoms with Gasteiger partial charge in [0.05, 0.1) is 16.9 Å². The SMILES string of the molecule is Cc1nn(C(C)C)c(N(C)CC(C)C#N)c1[N+](=O)[O-]. The van der Waals surface area contributed by atoms with E-state index in [2.05, 4.69) is 11.2 Å². The molecule has 0 N–H and O–H groups in total. The molecule has 0 spiro atoms. The molecule has 104 valence electrons. The van der Waals surface area contributed by atoms with Crippen molar-refractivity contribution in [3.8, 4) is 6.07 Å². The molecule has 0 radical (unpaired) electrons. The lowest BCUT2D eigenvalue weighted by Crippen LogP contribution is -2.27. The van der Waals surface area contributed by atoms with E-state index < -0.39 is 4.92 Å². The van der Waals surface area contributed by atoms with Crippen LogP contribution in [0.4, 0.5) is 11.5 Å². The average molecular weight is 265 g/mol. The zero-order chi connectivity index (χ0) is 14.7. The third-order valence-corrected chi connectivity index (χ3v) is 2.83. The molecule has 0 amide bonds. The summed E-state index contributed by atoms with van der Waals surface area (Å²) in [6.07, 6.45) is 0. The van der Waals surface area contributed by atoms with Gasteiger partial charge in [-0.15, -0.1) is 0 Å². The van der Waals surface area contributed by atoms with E-state index in [4.69, 9.17) is 5.26 Å². The lowest BCUT2D eigenvalue weighted by atomic mass is 10.2. The number of anilines is 1. The van der Waals surface area contributed by atoms with Crippen LogP contribution in [0.25, 0.3) is 0 Å². The smallest absolute Gasteiger partial charge is 0.333 e. The van der Waals surface area contributed by atoms with Gasteiger partial charge in [0, 0.05) is 19.6 Å². The van der Waals surface area contributed by atoms with E-state index in [1.165, 1.54) is 0 Å². The first-order chi connectivity index (χ1) is 8.79. The standard InChI is InChI=1S/C12H19N5O2/c1-8(2)16-12(15(5)7-9(3)6-13)11(17(18)19)10(4)14-16/h8-9H,7H2,1-5H3. The number of nitro groups is 1. The highest BCUT2D eigenvalue weighted by molar-refractivity contribution is 5.61. The summed E-state index contributed by atoms with van der Waals surface area (Å²) in [7, 11) is 1.75. The highest BCUT2D eigenvalue weighted by Crippen LogP contribution is 2.33. The molecule has 7 nitrogen and oxygen atoms in total. The van der Waals surface area contributed by atoms with Gasteiger partial charge in [-0.25, -0.2) is 4.68 Å². The Hall–Kier alpha value is -2.10. The van der Waals surface area contributed by atoms with Gasteiger partial charge in [-0.05, 0) is 27.7 Å². The lowest BCUT2D eigenvalue weighted by molar-refractivity contribution is -0.384. The van der Waals surface area contributed by atoms with Crippen LogP contribution in [0.2, 0.25) is 0 Å². The van der Waals surface area contributed by atoms with E-state index in [1.54, 1.807) is 30.5 Å². The first kappa shape index (κ1) is 15.0. The number of hydrogen-bond donors (Lipinski definition) is 0. The third-order valence-electron chi connectivity index (χ3n) is 2.83. The molecule has 0 bridgehead atoms. The Morgan fingerprint density at radius 3 is 2.53 bits per heavy atom. The summed E-state index contributed by atoms with van der Waals surface area (Å²) in [5, 5.41) is 24.3. The van der Waals surface area contributed by atoms with Crippen molar-refractivity contribution in [1.82, 2.24) is 9.78 Å². The molecule has 1 unspecified atom stereocenters. The van der Waals surface area contributed by atoms with Gasteiger partial charge in [0.2, 0.25) is 5.82 Å². The van der Waals surface area contributed by atoms with Crippen LogP contribution >= 0.6 is 0 Å². The summed E-state index contributed by atoms with van der Waals surface area (Å²) in [4.78, 5) is 12.5. The number of nitriles is 1. The Kier molecular flexibility index (Phi) is 4.48. The minimum atomic E-state index is -0.413. The fourth-order valence-electron chi connectivity index (χ4n) is 1.99. The van der Waals surface area contributed by atoms with Crippen LogP contribution in [0.15, 0.2) is 0 Å². The normalized spacial score (nSPS) is 12.3. The molecule has 19 heavy (non-hydrogen) atoms. The Bertz CT molecular complexity index is 515. The molecular formula is C12H19N5O2. The van der Waals surface area contributed by atoms with E-state index in [-0.39, 0.29) is 17.6 Å². The lowest BCUT2D eigenvalue weighted by Gasteiger charge is -2.22. The minimum Gasteiger partial charge on any atom is -0.353 e. The fraction of sp³-hybridized carbons (Fsp3) is 0.667. The molecule has 1 aromatic heterocycles. The summed E-state index contributed by atoms with van der Waals surface area (Å²) >= 11 is 0. The van der Waals surface area contributed by atoms with Crippen LogP contribution in [0.1, 0.15) is 32.5 Å². The predicted molar refractivity (Wildman–Crippen MR) is 72.1 cm³/mol. The molecule has 0 aliphatic rings. The minimum absolute atomic E-state index is 0.0151. The number of rotatable bonds is 5. The van der Waals surface area contributed by atoms with Gasteiger partial charge in [-0.2, -0.15) is 10.4 Å². The summed E-state index contributed by atoms with van der Waals surface area (Å²) in [5.41, 5.74) is 0.409. The van der Waals surface area contributed by atoms with Crippen molar-refractivity contribution in [2.24, 2.45) is 5.92 Å². The number of aryl methyl sites for hydroxylation is 1.